The van der Waals surface area contributed by atoms with Gasteiger partial charge in [0.15, 0.2) is 0 Å². The second-order valence-electron chi connectivity index (χ2n) is 3.27. The largest absolute Gasteiger partial charge is 0.383 e. The maximum atomic E-state index is 12.6. The average molecular weight is 260 g/mol. The van der Waals surface area contributed by atoms with Gasteiger partial charge in [-0.25, -0.2) is 0 Å². The van der Waals surface area contributed by atoms with E-state index in [1.807, 2.05) is 6.92 Å². The molecule has 0 saturated carbocycles. The van der Waals surface area contributed by atoms with E-state index < -0.39 is 10.4 Å². The van der Waals surface area contributed by atoms with Crippen molar-refractivity contribution >= 4 is 15.9 Å². The number of alkyl halides is 3. The SMILES string of the molecule is CCCNCCC(C)(O)C(F)(F)Br. The first-order valence-electron chi connectivity index (χ1n) is 4.31. The number of nitrogens with one attached hydrogen (secondary N) is 1. The van der Waals surface area contributed by atoms with E-state index in [1.165, 1.54) is 0 Å². The summed E-state index contributed by atoms with van der Waals surface area (Å²) in [6, 6.07) is 0. The lowest BCUT2D eigenvalue weighted by molar-refractivity contribution is -0.107. The Hall–Kier alpha value is 0.260. The number of hydrogen-bond acceptors (Lipinski definition) is 2. The third kappa shape index (κ3) is 4.88. The first-order chi connectivity index (χ1) is 5.81. The van der Waals surface area contributed by atoms with Crippen LogP contribution in [0.4, 0.5) is 8.78 Å². The number of rotatable bonds is 6. The molecule has 0 aromatic rings. The molecule has 2 nitrogen and oxygen atoms in total. The summed E-state index contributed by atoms with van der Waals surface area (Å²) in [5.74, 6) is 0. The maximum Gasteiger partial charge on any atom is 0.329 e. The van der Waals surface area contributed by atoms with Crippen LogP contribution in [-0.2, 0) is 0 Å². The molecule has 5 heteroatoms. The summed E-state index contributed by atoms with van der Waals surface area (Å²) in [5.41, 5.74) is -1.99. The number of halogens is 3. The van der Waals surface area contributed by atoms with Gasteiger partial charge in [0, 0.05) is 0 Å². The predicted octanol–water partition coefficient (Wildman–Crippen LogP) is 2.11. The lowest BCUT2D eigenvalue weighted by Gasteiger charge is -2.28. The highest BCUT2D eigenvalue weighted by molar-refractivity contribution is 9.10. The third-order valence-corrected chi connectivity index (χ3v) is 2.68. The van der Waals surface area contributed by atoms with Crippen molar-refractivity contribution < 1.29 is 13.9 Å². The van der Waals surface area contributed by atoms with E-state index in [-0.39, 0.29) is 6.42 Å². The highest BCUT2D eigenvalue weighted by Gasteiger charge is 2.45. The number of hydrogen-bond donors (Lipinski definition) is 2. The Labute approximate surface area is 85.8 Å². The van der Waals surface area contributed by atoms with Crippen molar-refractivity contribution in [1.82, 2.24) is 5.32 Å². The molecule has 0 heterocycles. The molecule has 0 aliphatic carbocycles. The van der Waals surface area contributed by atoms with Crippen LogP contribution in [0.1, 0.15) is 26.7 Å². The third-order valence-electron chi connectivity index (χ3n) is 1.83. The average Bonchev–Trinajstić information content (AvgIpc) is 1.96. The van der Waals surface area contributed by atoms with Crippen LogP contribution in [0.2, 0.25) is 0 Å². The van der Waals surface area contributed by atoms with Crippen LogP contribution >= 0.6 is 15.9 Å². The fourth-order valence-corrected chi connectivity index (χ4v) is 0.974. The summed E-state index contributed by atoms with van der Waals surface area (Å²) in [6.07, 6.45) is 0.970. The Bertz CT molecular complexity index is 148. The Morgan fingerprint density at radius 1 is 1.38 bits per heavy atom. The van der Waals surface area contributed by atoms with Crippen molar-refractivity contribution in [1.29, 1.82) is 0 Å². The Balaban J connectivity index is 3.77. The van der Waals surface area contributed by atoms with Gasteiger partial charge in [-0.3, -0.25) is 0 Å². The number of aliphatic hydroxyl groups is 1. The zero-order chi connectivity index (χ0) is 10.5. The van der Waals surface area contributed by atoms with Crippen molar-refractivity contribution in [2.75, 3.05) is 13.1 Å². The summed E-state index contributed by atoms with van der Waals surface area (Å²) in [6.45, 7) is 4.28. The summed E-state index contributed by atoms with van der Waals surface area (Å²) in [5, 5.41) is 12.3. The van der Waals surface area contributed by atoms with E-state index in [4.69, 9.17) is 0 Å². The molecule has 0 aromatic carbocycles. The zero-order valence-corrected chi connectivity index (χ0v) is 9.50. The normalized spacial score (nSPS) is 17.1. The predicted molar refractivity (Wildman–Crippen MR) is 52.3 cm³/mol. The second kappa shape index (κ2) is 5.22. The van der Waals surface area contributed by atoms with Crippen molar-refractivity contribution in [2.24, 2.45) is 0 Å². The fourth-order valence-electron chi connectivity index (χ4n) is 0.775. The Morgan fingerprint density at radius 2 is 1.92 bits per heavy atom. The Morgan fingerprint density at radius 3 is 2.31 bits per heavy atom. The zero-order valence-electron chi connectivity index (χ0n) is 7.91. The van der Waals surface area contributed by atoms with E-state index in [9.17, 15) is 13.9 Å². The molecule has 0 rings (SSSR count). The monoisotopic (exact) mass is 259 g/mol. The fraction of sp³-hybridized carbons (Fsp3) is 1.00. The van der Waals surface area contributed by atoms with E-state index in [0.29, 0.717) is 6.54 Å². The first kappa shape index (κ1) is 13.3. The van der Waals surface area contributed by atoms with Crippen molar-refractivity contribution in [2.45, 2.75) is 37.1 Å². The van der Waals surface area contributed by atoms with E-state index >= 15 is 0 Å². The summed E-state index contributed by atoms with van der Waals surface area (Å²) >= 11 is 2.16. The van der Waals surface area contributed by atoms with Crippen LogP contribution in [-0.4, -0.2) is 28.6 Å². The summed E-state index contributed by atoms with van der Waals surface area (Å²) < 4.78 is 25.3. The molecule has 0 aromatic heterocycles. The highest BCUT2D eigenvalue weighted by atomic mass is 79.9. The molecule has 0 spiro atoms. The van der Waals surface area contributed by atoms with Gasteiger partial charge in [-0.2, -0.15) is 8.78 Å². The minimum Gasteiger partial charge on any atom is -0.383 e. The van der Waals surface area contributed by atoms with Crippen LogP contribution in [0.5, 0.6) is 0 Å². The van der Waals surface area contributed by atoms with Gasteiger partial charge in [-0.15, -0.1) is 0 Å². The van der Waals surface area contributed by atoms with Crippen molar-refractivity contribution in [3.63, 3.8) is 0 Å². The minimum absolute atomic E-state index is 0.0191. The van der Waals surface area contributed by atoms with Crippen LogP contribution in [0.15, 0.2) is 0 Å². The molecule has 1 unspecified atom stereocenters. The van der Waals surface area contributed by atoms with Crippen LogP contribution in [0.25, 0.3) is 0 Å². The summed E-state index contributed by atoms with van der Waals surface area (Å²) in [7, 11) is 0. The molecule has 1 atom stereocenters. The molecule has 80 valence electrons. The molecule has 2 N–H and O–H groups in total. The molecule has 0 saturated heterocycles. The minimum atomic E-state index is -3.23. The van der Waals surface area contributed by atoms with E-state index in [1.54, 1.807) is 0 Å². The van der Waals surface area contributed by atoms with Gasteiger partial charge < -0.3 is 10.4 Å². The smallest absolute Gasteiger partial charge is 0.329 e. The molecule has 0 radical (unpaired) electrons. The molecule has 0 bridgehead atoms. The van der Waals surface area contributed by atoms with Gasteiger partial charge in [0.25, 0.3) is 0 Å². The molecule has 0 amide bonds. The molecule has 0 fully saturated rings. The van der Waals surface area contributed by atoms with Crippen molar-refractivity contribution in [3.8, 4) is 0 Å². The van der Waals surface area contributed by atoms with Crippen LogP contribution < -0.4 is 5.32 Å². The van der Waals surface area contributed by atoms with Crippen LogP contribution in [0.3, 0.4) is 0 Å². The van der Waals surface area contributed by atoms with E-state index in [0.717, 1.165) is 19.9 Å². The van der Waals surface area contributed by atoms with Gasteiger partial charge >= 0.3 is 4.83 Å². The molecule has 0 aliphatic heterocycles. The quantitative estimate of drug-likeness (QED) is 0.566. The van der Waals surface area contributed by atoms with Gasteiger partial charge in [0.05, 0.1) is 0 Å². The van der Waals surface area contributed by atoms with Crippen LogP contribution in [0, 0.1) is 0 Å². The summed E-state index contributed by atoms with van der Waals surface area (Å²) in [4.78, 5) is -3.23. The molecule has 13 heavy (non-hydrogen) atoms. The van der Waals surface area contributed by atoms with Gasteiger partial charge in [-0.1, -0.05) is 6.92 Å². The van der Waals surface area contributed by atoms with Gasteiger partial charge in [-0.05, 0) is 48.8 Å². The van der Waals surface area contributed by atoms with E-state index in [2.05, 4.69) is 21.2 Å². The highest BCUT2D eigenvalue weighted by Crippen LogP contribution is 2.36. The van der Waals surface area contributed by atoms with Gasteiger partial charge in [0.1, 0.15) is 5.60 Å². The lowest BCUT2D eigenvalue weighted by Crippen LogP contribution is -2.43. The van der Waals surface area contributed by atoms with Crippen molar-refractivity contribution in [3.05, 3.63) is 0 Å². The Kier molecular flexibility index (Phi) is 5.32. The first-order valence-corrected chi connectivity index (χ1v) is 5.10. The second-order valence-corrected chi connectivity index (χ2v) is 4.27. The maximum absolute atomic E-state index is 12.6. The topological polar surface area (TPSA) is 32.3 Å². The van der Waals surface area contributed by atoms with Gasteiger partial charge in [0.2, 0.25) is 0 Å². The molecular formula is C8H16BrF2NO. The standard InChI is InChI=1S/C8H16BrF2NO/c1-3-5-12-6-4-7(2,13)8(9,10)11/h12-13H,3-6H2,1-2H3. The molecule has 0 aliphatic rings. The molecular weight excluding hydrogens is 244 g/mol. The lowest BCUT2D eigenvalue weighted by atomic mass is 10.0.